The summed E-state index contributed by atoms with van der Waals surface area (Å²) < 4.78 is 13.6. The second kappa shape index (κ2) is 14.7. The summed E-state index contributed by atoms with van der Waals surface area (Å²) in [4.78, 5) is 26.8. The number of phenols is 1. The third kappa shape index (κ3) is 6.74. The molecule has 43 heavy (non-hydrogen) atoms. The minimum atomic E-state index is -0.793. The predicted molar refractivity (Wildman–Crippen MR) is 203 cm³/mol. The molecule has 5 rings (SSSR count). The number of fused-ring (bicyclic) bond motifs is 2. The van der Waals surface area contributed by atoms with Crippen LogP contribution in [0.5, 0.6) is 5.75 Å². The Morgan fingerprint density at radius 1 is 0.907 bits per heavy atom. The second-order valence-electron chi connectivity index (χ2n) is 8.78. The van der Waals surface area contributed by atoms with E-state index in [-0.39, 0.29) is 89.9 Å². The summed E-state index contributed by atoms with van der Waals surface area (Å²) in [6.07, 6.45) is 1.71. The van der Waals surface area contributed by atoms with Crippen molar-refractivity contribution in [1.82, 2.24) is 0 Å². The average Bonchev–Trinajstić information content (AvgIpc) is 2.98. The molecule has 2 aliphatic rings. The number of phenolic OH excluding ortho intramolecular Hbond substituents is 1. The van der Waals surface area contributed by atoms with E-state index in [4.69, 9.17) is 55.6 Å². The van der Waals surface area contributed by atoms with E-state index >= 15 is 0 Å². The molecule has 0 saturated carbocycles. The summed E-state index contributed by atoms with van der Waals surface area (Å²) in [7, 11) is 0. The van der Waals surface area contributed by atoms with Gasteiger partial charge in [-0.2, -0.15) is 0 Å². The van der Waals surface area contributed by atoms with Crippen molar-refractivity contribution < 1.29 is 48.6 Å². The standard InChI is InChI=1S/C29H12Cl4I4O5.Na/c1-2-10-3-5-11(6-4-10)9-41-29(40)18-17(19(30)21(32)22(33)20(18)31)16-12-7-14(34)25(38)23(36)27(12)42-28-13(16)8-15(35)26(39)24(28)37;/h2-8,38H,1,9H2;/q;+1. The van der Waals surface area contributed by atoms with Crippen LogP contribution in [0.15, 0.2) is 52.2 Å². The zero-order chi connectivity index (χ0) is 30.6. The molecule has 0 unspecified atom stereocenters. The van der Waals surface area contributed by atoms with Gasteiger partial charge in [-0.1, -0.05) is 83.3 Å². The van der Waals surface area contributed by atoms with E-state index in [1.165, 1.54) is 0 Å². The molecule has 0 bridgehead atoms. The monoisotopic (exact) mass is 1110 g/mol. The van der Waals surface area contributed by atoms with Crippen molar-refractivity contribution in [1.29, 1.82) is 0 Å². The van der Waals surface area contributed by atoms with E-state index in [1.54, 1.807) is 18.2 Å². The van der Waals surface area contributed by atoms with Gasteiger partial charge in [-0.05, 0) is 114 Å². The Morgan fingerprint density at radius 3 is 2.16 bits per heavy atom. The maximum Gasteiger partial charge on any atom is 1.00 e. The van der Waals surface area contributed by atoms with Gasteiger partial charge >= 0.3 is 35.5 Å². The minimum Gasteiger partial charge on any atom is -0.506 e. The van der Waals surface area contributed by atoms with Gasteiger partial charge in [0.25, 0.3) is 0 Å². The molecule has 1 N–H and O–H groups in total. The number of hydrogen-bond acceptors (Lipinski definition) is 5. The Labute approximate surface area is 342 Å². The van der Waals surface area contributed by atoms with E-state index in [0.717, 1.165) is 11.1 Å². The summed E-state index contributed by atoms with van der Waals surface area (Å²) in [5, 5.41) is 10.9. The van der Waals surface area contributed by atoms with Crippen molar-refractivity contribution in [2.24, 2.45) is 0 Å². The second-order valence-corrected chi connectivity index (χ2v) is 14.8. The summed E-state index contributed by atoms with van der Waals surface area (Å²) in [6, 6.07) is 10.7. The molecule has 1 heterocycles. The molecule has 0 radical (unpaired) electrons. The maximum atomic E-state index is 13.8. The summed E-state index contributed by atoms with van der Waals surface area (Å²) >= 11 is 34.4. The fraction of sp³-hybridized carbons (Fsp3) is 0.0345. The molecule has 0 atom stereocenters. The Kier molecular flexibility index (Phi) is 12.4. The van der Waals surface area contributed by atoms with Crippen LogP contribution in [-0.4, -0.2) is 11.1 Å². The van der Waals surface area contributed by atoms with Crippen LogP contribution in [0.1, 0.15) is 21.5 Å². The van der Waals surface area contributed by atoms with E-state index in [9.17, 15) is 14.7 Å². The van der Waals surface area contributed by atoms with Crippen molar-refractivity contribution in [3.8, 4) is 28.2 Å². The molecule has 1 aliphatic carbocycles. The van der Waals surface area contributed by atoms with Crippen molar-refractivity contribution in [2.75, 3.05) is 0 Å². The summed E-state index contributed by atoms with van der Waals surface area (Å²) in [5.74, 6) is -0.554. The fourth-order valence-electron chi connectivity index (χ4n) is 4.29. The molecule has 5 nitrogen and oxygen atoms in total. The number of halogens is 8. The Morgan fingerprint density at radius 2 is 1.53 bits per heavy atom. The van der Waals surface area contributed by atoms with Crippen LogP contribution in [0.2, 0.25) is 20.1 Å². The molecule has 214 valence electrons. The molecule has 3 aromatic rings. The number of aromatic hydroxyl groups is 1. The third-order valence-electron chi connectivity index (χ3n) is 6.33. The van der Waals surface area contributed by atoms with Crippen LogP contribution in [0.4, 0.5) is 0 Å². The Balaban J connectivity index is 0.00000423. The number of esters is 1. The largest absolute Gasteiger partial charge is 1.00 e. The van der Waals surface area contributed by atoms with Gasteiger partial charge in [0.2, 0.25) is 5.43 Å². The van der Waals surface area contributed by atoms with Gasteiger partial charge in [0.1, 0.15) is 15.9 Å². The number of benzene rings is 4. The smallest absolute Gasteiger partial charge is 0.506 e. The van der Waals surface area contributed by atoms with E-state index < -0.39 is 5.97 Å². The van der Waals surface area contributed by atoms with Crippen molar-refractivity contribution in [2.45, 2.75) is 6.61 Å². The van der Waals surface area contributed by atoms with Crippen LogP contribution in [0.25, 0.3) is 39.5 Å². The van der Waals surface area contributed by atoms with Crippen molar-refractivity contribution in [3.63, 3.8) is 0 Å². The molecule has 3 aromatic carbocycles. The molecule has 0 fully saturated rings. The predicted octanol–water partition coefficient (Wildman–Crippen LogP) is 8.31. The molecule has 0 amide bonds. The van der Waals surface area contributed by atoms with Gasteiger partial charge in [0.05, 0.1) is 36.4 Å². The van der Waals surface area contributed by atoms with Gasteiger partial charge in [0, 0.05) is 22.1 Å². The fourth-order valence-corrected chi connectivity index (χ4v) is 8.89. The van der Waals surface area contributed by atoms with Gasteiger partial charge in [-0.25, -0.2) is 4.79 Å². The number of hydrogen-bond donors (Lipinski definition) is 1. The zero-order valence-electron chi connectivity index (χ0n) is 21.6. The van der Waals surface area contributed by atoms with Gasteiger partial charge in [0.15, 0.2) is 11.3 Å². The maximum absolute atomic E-state index is 13.8. The van der Waals surface area contributed by atoms with Crippen LogP contribution in [-0.2, 0) is 11.3 Å². The third-order valence-corrected chi connectivity index (χ3v) is 11.7. The van der Waals surface area contributed by atoms with Crippen molar-refractivity contribution in [3.05, 3.63) is 104 Å². The van der Waals surface area contributed by atoms with Crippen LogP contribution < -0.4 is 35.0 Å². The molecular weight excluding hydrogens is 1100 g/mol. The molecule has 14 heteroatoms. The van der Waals surface area contributed by atoms with Gasteiger partial charge < -0.3 is 14.3 Å². The molecule has 0 spiro atoms. The Bertz CT molecular complexity index is 2000. The molecule has 0 aromatic heterocycles. The van der Waals surface area contributed by atoms with Crippen LogP contribution in [0.3, 0.4) is 0 Å². The summed E-state index contributed by atoms with van der Waals surface area (Å²) in [6.45, 7) is 3.68. The number of ether oxygens (including phenoxy) is 1. The molecular formula is C29H12Cl4I4NaO5+. The first-order valence-corrected chi connectivity index (χ1v) is 17.4. The number of rotatable bonds is 5. The summed E-state index contributed by atoms with van der Waals surface area (Å²) in [5.41, 5.74) is 2.61. The molecule has 1 aliphatic heterocycles. The SMILES string of the molecule is C=Cc1ccc(COC(=O)c2c(Cl)c(Cl)c(Cl)c(Cl)c2-c2c3cc(I)c(=O)c(I)c-3oc3c(I)c(O)c(I)cc23)cc1.[Na+]. The van der Waals surface area contributed by atoms with Crippen LogP contribution in [0, 0.1) is 14.3 Å². The van der Waals surface area contributed by atoms with Crippen molar-refractivity contribution >= 4 is 160 Å². The Hall–Kier alpha value is 0.440. The quantitative estimate of drug-likeness (QED) is 0.0479. The zero-order valence-corrected chi connectivity index (χ0v) is 35.2. The topological polar surface area (TPSA) is 76.7 Å². The normalized spacial score (nSPS) is 11.1. The first-order chi connectivity index (χ1) is 19.9. The average molecular weight is 1110 g/mol. The van der Waals surface area contributed by atoms with E-state index in [0.29, 0.717) is 30.8 Å². The van der Waals surface area contributed by atoms with E-state index in [1.807, 2.05) is 115 Å². The first-order valence-electron chi connectivity index (χ1n) is 11.6. The van der Waals surface area contributed by atoms with Gasteiger partial charge in [-0.3, -0.25) is 4.79 Å². The minimum absolute atomic E-state index is 0. The van der Waals surface area contributed by atoms with Gasteiger partial charge in [-0.15, -0.1) is 0 Å². The molecule has 0 saturated heterocycles. The van der Waals surface area contributed by atoms with E-state index in [2.05, 4.69) is 6.58 Å². The van der Waals surface area contributed by atoms with Crippen LogP contribution >= 0.6 is 137 Å². The first kappa shape index (κ1) is 36.3. The number of carbonyl (C=O) groups excluding carboxylic acids is 1. The number of carbonyl (C=O) groups is 1.